The molecule has 114 valence electrons. The van der Waals surface area contributed by atoms with Crippen molar-refractivity contribution in [2.24, 2.45) is 0 Å². The maximum absolute atomic E-state index is 6.17. The fourth-order valence-electron chi connectivity index (χ4n) is 3.94. The molecule has 3 aromatic carbocycles. The number of anilines is 1. The van der Waals surface area contributed by atoms with Gasteiger partial charge in [-0.2, -0.15) is 0 Å². The van der Waals surface area contributed by atoms with Crippen molar-refractivity contribution < 1.29 is 4.84 Å². The number of fused-ring (bicyclic) bond motifs is 5. The number of hydrogen-bond acceptors (Lipinski definition) is 2. The Kier molecular flexibility index (Phi) is 2.91. The third kappa shape index (κ3) is 2.06. The fourth-order valence-corrected chi connectivity index (χ4v) is 4.13. The summed E-state index contributed by atoms with van der Waals surface area (Å²) < 4.78 is 0. The molecular weight excluding hydrogens is 306 g/mol. The van der Waals surface area contributed by atoms with E-state index in [9.17, 15) is 0 Å². The summed E-state index contributed by atoms with van der Waals surface area (Å²) in [4.78, 5) is 6.17. The molecule has 0 saturated carbocycles. The molecule has 0 N–H and O–H groups in total. The van der Waals surface area contributed by atoms with Crippen LogP contribution in [0.5, 0.6) is 0 Å². The first-order chi connectivity index (χ1) is 11.3. The van der Waals surface area contributed by atoms with Gasteiger partial charge in [-0.25, -0.2) is 5.06 Å². The van der Waals surface area contributed by atoms with Crippen LogP contribution < -0.4 is 5.06 Å². The van der Waals surface area contributed by atoms with Crippen molar-refractivity contribution in [3.8, 4) is 0 Å². The molecule has 3 aromatic rings. The van der Waals surface area contributed by atoms with Gasteiger partial charge in [0.1, 0.15) is 0 Å². The molecule has 2 heterocycles. The van der Waals surface area contributed by atoms with Crippen molar-refractivity contribution in [1.82, 2.24) is 0 Å². The van der Waals surface area contributed by atoms with Crippen LogP contribution in [0.15, 0.2) is 60.7 Å². The topological polar surface area (TPSA) is 12.5 Å². The average Bonchev–Trinajstić information content (AvgIpc) is 2.92. The van der Waals surface area contributed by atoms with Gasteiger partial charge < -0.3 is 0 Å². The lowest BCUT2D eigenvalue weighted by atomic mass is 9.95. The van der Waals surface area contributed by atoms with Crippen LogP contribution in [-0.4, -0.2) is 6.10 Å². The van der Waals surface area contributed by atoms with Crippen LogP contribution in [-0.2, 0) is 11.3 Å². The van der Waals surface area contributed by atoms with E-state index < -0.39 is 0 Å². The highest BCUT2D eigenvalue weighted by Crippen LogP contribution is 2.46. The molecule has 5 rings (SSSR count). The highest BCUT2D eigenvalue weighted by Gasteiger charge is 2.40. The van der Waals surface area contributed by atoms with E-state index in [0.29, 0.717) is 0 Å². The third-order valence-corrected chi connectivity index (χ3v) is 5.18. The molecule has 0 spiro atoms. The van der Waals surface area contributed by atoms with Gasteiger partial charge in [-0.1, -0.05) is 54.1 Å². The van der Waals surface area contributed by atoms with Gasteiger partial charge in [-0.3, -0.25) is 4.84 Å². The Hall–Kier alpha value is -2.03. The average molecular weight is 322 g/mol. The smallest absolute Gasteiger partial charge is 0.0921 e. The van der Waals surface area contributed by atoms with Crippen molar-refractivity contribution in [3.05, 3.63) is 76.8 Å². The number of hydrogen-bond donors (Lipinski definition) is 0. The first-order valence-electron chi connectivity index (χ1n) is 8.02. The zero-order chi connectivity index (χ0) is 15.4. The summed E-state index contributed by atoms with van der Waals surface area (Å²) in [6, 6.07) is 21.5. The van der Waals surface area contributed by atoms with Crippen molar-refractivity contribution in [3.63, 3.8) is 0 Å². The highest BCUT2D eigenvalue weighted by molar-refractivity contribution is 6.30. The van der Waals surface area contributed by atoms with Crippen LogP contribution in [0.4, 0.5) is 5.69 Å². The Labute approximate surface area is 140 Å². The third-order valence-electron chi connectivity index (χ3n) is 4.94. The first-order valence-corrected chi connectivity index (χ1v) is 8.39. The number of halogens is 1. The van der Waals surface area contributed by atoms with Crippen molar-refractivity contribution in [2.75, 3.05) is 5.06 Å². The summed E-state index contributed by atoms with van der Waals surface area (Å²) in [5.74, 6) is 0. The number of benzene rings is 3. The zero-order valence-corrected chi connectivity index (χ0v) is 13.3. The molecule has 0 aromatic heterocycles. The Morgan fingerprint density at radius 1 is 1.00 bits per heavy atom. The summed E-state index contributed by atoms with van der Waals surface area (Å²) in [6.07, 6.45) is 2.19. The molecular formula is C20H16ClNO. The van der Waals surface area contributed by atoms with Crippen molar-refractivity contribution in [2.45, 2.75) is 25.0 Å². The second-order valence-corrected chi connectivity index (χ2v) is 6.79. The molecule has 2 aliphatic rings. The predicted molar refractivity (Wildman–Crippen MR) is 93.8 cm³/mol. The number of nitrogens with zero attached hydrogens (tertiary/aromatic N) is 1. The maximum atomic E-state index is 6.17. The van der Waals surface area contributed by atoms with E-state index in [2.05, 4.69) is 59.7 Å². The molecule has 0 unspecified atom stereocenters. The normalized spacial score (nSPS) is 22.4. The lowest BCUT2D eigenvalue weighted by Crippen LogP contribution is -2.27. The lowest BCUT2D eigenvalue weighted by molar-refractivity contribution is 0.0735. The van der Waals surface area contributed by atoms with Crippen LogP contribution in [0, 0.1) is 0 Å². The second kappa shape index (κ2) is 4.98. The van der Waals surface area contributed by atoms with Crippen LogP contribution in [0.1, 0.15) is 23.6 Å². The van der Waals surface area contributed by atoms with E-state index in [-0.39, 0.29) is 12.1 Å². The highest BCUT2D eigenvalue weighted by atomic mass is 35.5. The molecule has 0 radical (unpaired) electrons. The van der Waals surface area contributed by atoms with Gasteiger partial charge in [0.2, 0.25) is 0 Å². The second-order valence-electron chi connectivity index (χ2n) is 6.35. The van der Waals surface area contributed by atoms with Crippen LogP contribution in [0.25, 0.3) is 10.8 Å². The molecule has 1 saturated heterocycles. The monoisotopic (exact) mass is 321 g/mol. The van der Waals surface area contributed by atoms with Gasteiger partial charge in [0.05, 0.1) is 17.8 Å². The van der Waals surface area contributed by atoms with Gasteiger partial charge in [0.15, 0.2) is 0 Å². The Bertz CT molecular complexity index is 902. The van der Waals surface area contributed by atoms with Gasteiger partial charge in [-0.05, 0) is 40.1 Å². The van der Waals surface area contributed by atoms with E-state index in [1.54, 1.807) is 0 Å². The predicted octanol–water partition coefficient (Wildman–Crippen LogP) is 5.30. The first kappa shape index (κ1) is 13.4. The molecule has 2 bridgehead atoms. The summed E-state index contributed by atoms with van der Waals surface area (Å²) in [5, 5.41) is 5.49. The van der Waals surface area contributed by atoms with Crippen LogP contribution >= 0.6 is 11.6 Å². The van der Waals surface area contributed by atoms with Gasteiger partial charge in [0, 0.05) is 17.9 Å². The van der Waals surface area contributed by atoms with Crippen LogP contribution in [0.3, 0.4) is 0 Å². The Balaban J connectivity index is 1.66. The summed E-state index contributed by atoms with van der Waals surface area (Å²) >= 11 is 6.16. The minimum atomic E-state index is 0.241. The van der Waals surface area contributed by atoms with E-state index >= 15 is 0 Å². The lowest BCUT2D eigenvalue weighted by Gasteiger charge is -2.30. The van der Waals surface area contributed by atoms with Crippen molar-refractivity contribution >= 4 is 28.1 Å². The molecule has 2 aliphatic heterocycles. The van der Waals surface area contributed by atoms with Gasteiger partial charge >= 0.3 is 0 Å². The van der Waals surface area contributed by atoms with E-state index in [1.807, 2.05) is 6.07 Å². The zero-order valence-electron chi connectivity index (χ0n) is 12.6. The summed E-state index contributed by atoms with van der Waals surface area (Å²) in [5.41, 5.74) is 3.78. The standard InChI is InChI=1S/C20H16ClNO/c21-15-8-9-19-14(10-15)11-16-12-20(22(19)23-16)18-7-3-5-13-4-1-2-6-17(13)18/h1-10,16,20H,11-12H2/t16-,20+/m1/s1. The Morgan fingerprint density at radius 3 is 2.83 bits per heavy atom. The van der Waals surface area contributed by atoms with Gasteiger partial charge in [0.25, 0.3) is 0 Å². The van der Waals surface area contributed by atoms with Gasteiger partial charge in [-0.15, -0.1) is 0 Å². The van der Waals surface area contributed by atoms with Crippen molar-refractivity contribution in [1.29, 1.82) is 0 Å². The molecule has 3 heteroatoms. The molecule has 23 heavy (non-hydrogen) atoms. The fraction of sp³-hybridized carbons (Fsp3) is 0.200. The minimum absolute atomic E-state index is 0.241. The van der Waals surface area contributed by atoms with E-state index in [4.69, 9.17) is 16.4 Å². The SMILES string of the molecule is Clc1ccc2c(c1)C[C@@H]1C[C@@H](c3cccc4ccccc34)N2O1. The summed E-state index contributed by atoms with van der Waals surface area (Å²) in [6.45, 7) is 0. The summed E-state index contributed by atoms with van der Waals surface area (Å²) in [7, 11) is 0. The molecule has 0 aliphatic carbocycles. The quantitative estimate of drug-likeness (QED) is 0.603. The van der Waals surface area contributed by atoms with Crippen LogP contribution in [0.2, 0.25) is 5.02 Å². The van der Waals surface area contributed by atoms with E-state index in [0.717, 1.165) is 23.6 Å². The largest absolute Gasteiger partial charge is 0.269 e. The Morgan fingerprint density at radius 2 is 1.87 bits per heavy atom. The van der Waals surface area contributed by atoms with E-state index in [1.165, 1.54) is 21.9 Å². The molecule has 2 atom stereocenters. The molecule has 2 nitrogen and oxygen atoms in total. The maximum Gasteiger partial charge on any atom is 0.0921 e. The molecule has 1 fully saturated rings. The number of rotatable bonds is 1. The molecule has 0 amide bonds. The minimum Gasteiger partial charge on any atom is -0.269 e. The number of hydroxylamine groups is 1.